The van der Waals surface area contributed by atoms with E-state index in [2.05, 4.69) is 22.4 Å². The van der Waals surface area contributed by atoms with Crippen LogP contribution in [0.15, 0.2) is 0 Å². The fourth-order valence-corrected chi connectivity index (χ4v) is 0. The van der Waals surface area contributed by atoms with Crippen molar-refractivity contribution in [3.05, 3.63) is 0 Å². The second-order valence-corrected chi connectivity index (χ2v) is 5.02. The lowest BCUT2D eigenvalue weighted by molar-refractivity contribution is 1.05. The van der Waals surface area contributed by atoms with Crippen LogP contribution in [0.5, 0.6) is 0 Å². The Labute approximate surface area is 48.8 Å². The third-order valence-electron chi connectivity index (χ3n) is 0.304. The van der Waals surface area contributed by atoms with Crippen molar-refractivity contribution >= 4 is 30.4 Å². The predicted molar refractivity (Wildman–Crippen MR) is 35.7 cm³/mol. The molecule has 0 aromatic rings. The highest BCUT2D eigenvalue weighted by molar-refractivity contribution is 8.46. The first-order valence-electron chi connectivity index (χ1n) is 1.48. The summed E-state index contributed by atoms with van der Waals surface area (Å²) in [6, 6.07) is 0. The number of hydrogen-bond acceptors (Lipinski definition) is 4. The van der Waals surface area contributed by atoms with Crippen molar-refractivity contribution in [1.82, 2.24) is 0 Å². The van der Waals surface area contributed by atoms with Crippen LogP contribution >= 0.6 is 0 Å². The van der Waals surface area contributed by atoms with E-state index in [-0.39, 0.29) is 5.37 Å². The van der Waals surface area contributed by atoms with Crippen LogP contribution in [0.4, 0.5) is 0 Å². The lowest BCUT2D eigenvalue weighted by Crippen LogP contribution is -2.14. The molecule has 0 aromatic carbocycles. The summed E-state index contributed by atoms with van der Waals surface area (Å²) in [7, 11) is -0.423. The third kappa shape index (κ3) is 2.96. The van der Waals surface area contributed by atoms with Gasteiger partial charge in [-0.15, -0.1) is 0 Å². The summed E-state index contributed by atoms with van der Waals surface area (Å²) in [5.41, 5.74) is 5.24. The standard InChI is InChI=1S/C2H6NS3/c1-2(3)6(4)5/h2H,3H2,1H3/q-1. The topological polar surface area (TPSA) is 26.0 Å². The Morgan fingerprint density at radius 2 is 1.83 bits per heavy atom. The maximum absolute atomic E-state index is 5.24. The van der Waals surface area contributed by atoms with Crippen LogP contribution in [-0.4, -0.2) is 5.37 Å². The van der Waals surface area contributed by atoms with Crippen molar-refractivity contribution < 1.29 is 0 Å². The van der Waals surface area contributed by atoms with Gasteiger partial charge in [0.25, 0.3) is 0 Å². The highest BCUT2D eigenvalue weighted by Crippen LogP contribution is 1.70. The summed E-state index contributed by atoms with van der Waals surface area (Å²) in [5.74, 6) is 0. The van der Waals surface area contributed by atoms with Crippen LogP contribution < -0.4 is 5.73 Å². The molecule has 2 N–H and O–H groups in total. The molecule has 0 saturated heterocycles. The number of nitrogens with two attached hydrogens (primary N) is 1. The molecule has 0 spiro atoms. The largest absolute Gasteiger partial charge is 0.347 e. The van der Waals surface area contributed by atoms with Gasteiger partial charge >= 0.3 is 0 Å². The minimum absolute atomic E-state index is 0.00926. The number of rotatable bonds is 1. The molecule has 1 unspecified atom stereocenters. The van der Waals surface area contributed by atoms with E-state index in [0.29, 0.717) is 0 Å². The normalized spacial score (nSPS) is 15.2. The Hall–Kier alpha value is 0.750. The molecule has 38 valence electrons. The molecule has 0 fully saturated rings. The van der Waals surface area contributed by atoms with E-state index in [9.17, 15) is 0 Å². The Morgan fingerprint density at radius 1 is 1.67 bits per heavy atom. The highest BCUT2D eigenvalue weighted by Gasteiger charge is 1.68. The lowest BCUT2D eigenvalue weighted by Gasteiger charge is -2.04. The Bertz CT molecular complexity index is 85.0. The Kier molecular flexibility index (Phi) is 3.20. The molecular weight excluding hydrogens is 134 g/mol. The fourth-order valence-electron chi connectivity index (χ4n) is 0. The van der Waals surface area contributed by atoms with Gasteiger partial charge in [0.15, 0.2) is 0 Å². The fraction of sp³-hybridized carbons (Fsp3) is 1.00. The van der Waals surface area contributed by atoms with Crippen LogP contribution in [0.25, 0.3) is 0 Å². The van der Waals surface area contributed by atoms with Crippen molar-refractivity contribution in [2.45, 2.75) is 12.3 Å². The summed E-state index contributed by atoms with van der Waals surface area (Å²) < 4.78 is 0. The summed E-state index contributed by atoms with van der Waals surface area (Å²) in [6.07, 6.45) is 0. The van der Waals surface area contributed by atoms with Gasteiger partial charge in [-0.3, -0.25) is 22.4 Å². The van der Waals surface area contributed by atoms with Gasteiger partial charge in [0.05, 0.1) is 0 Å². The molecule has 0 aliphatic rings. The number of hydrogen-bond donors (Lipinski definition) is 1. The maximum atomic E-state index is 5.24. The molecule has 0 saturated carbocycles. The van der Waals surface area contributed by atoms with Crippen molar-refractivity contribution in [3.8, 4) is 0 Å². The van der Waals surface area contributed by atoms with E-state index in [0.717, 1.165) is 0 Å². The van der Waals surface area contributed by atoms with Crippen LogP contribution in [0.1, 0.15) is 6.92 Å². The molecule has 1 nitrogen and oxygen atoms in total. The summed E-state index contributed by atoms with van der Waals surface area (Å²) in [5, 5.41) is 0.00926. The molecule has 0 heterocycles. The third-order valence-corrected chi connectivity index (χ3v) is 2.73. The zero-order chi connectivity index (χ0) is 5.15. The van der Waals surface area contributed by atoms with Gasteiger partial charge in [0.1, 0.15) is 0 Å². The molecule has 0 rings (SSSR count). The summed E-state index contributed by atoms with van der Waals surface area (Å²) >= 11 is 9.24. The van der Waals surface area contributed by atoms with E-state index in [1.54, 1.807) is 0 Å². The van der Waals surface area contributed by atoms with E-state index >= 15 is 0 Å². The van der Waals surface area contributed by atoms with Gasteiger partial charge < -0.3 is 13.7 Å². The minimum atomic E-state index is -0.423. The smallest absolute Gasteiger partial charge is 0.0628 e. The first kappa shape index (κ1) is 6.75. The lowest BCUT2D eigenvalue weighted by atomic mass is 10.8. The van der Waals surface area contributed by atoms with Gasteiger partial charge in [0.2, 0.25) is 0 Å². The zero-order valence-electron chi connectivity index (χ0n) is 3.38. The molecule has 0 aliphatic carbocycles. The molecule has 4 heteroatoms. The summed E-state index contributed by atoms with van der Waals surface area (Å²) in [4.78, 5) is 0. The second kappa shape index (κ2) is 2.85. The van der Waals surface area contributed by atoms with E-state index < -0.39 is 8.01 Å². The van der Waals surface area contributed by atoms with E-state index in [4.69, 9.17) is 5.73 Å². The van der Waals surface area contributed by atoms with Crippen LogP contribution in [0, 0.1) is 0 Å². The molecule has 0 bridgehead atoms. The van der Waals surface area contributed by atoms with Crippen molar-refractivity contribution in [1.29, 1.82) is 0 Å². The van der Waals surface area contributed by atoms with Crippen molar-refractivity contribution in [2.24, 2.45) is 5.73 Å². The van der Waals surface area contributed by atoms with Crippen molar-refractivity contribution in [3.63, 3.8) is 0 Å². The molecular formula is C2H6NS3-. The van der Waals surface area contributed by atoms with Gasteiger partial charge in [0, 0.05) is 0 Å². The van der Waals surface area contributed by atoms with Crippen molar-refractivity contribution in [2.75, 3.05) is 0 Å². The molecule has 1 atom stereocenters. The molecule has 0 amide bonds. The Morgan fingerprint density at radius 3 is 1.83 bits per heavy atom. The Balaban J connectivity index is 3.57. The van der Waals surface area contributed by atoms with E-state index in [1.165, 1.54) is 0 Å². The average Bonchev–Trinajstić information content (AvgIpc) is 1.36. The van der Waals surface area contributed by atoms with Gasteiger partial charge in [-0.25, -0.2) is 0 Å². The van der Waals surface area contributed by atoms with Crippen LogP contribution in [0.2, 0.25) is 0 Å². The second-order valence-electron chi connectivity index (χ2n) is 0.966. The molecule has 6 heavy (non-hydrogen) atoms. The summed E-state index contributed by atoms with van der Waals surface area (Å²) in [6.45, 7) is 1.82. The average molecular weight is 140 g/mol. The predicted octanol–water partition coefficient (Wildman–Crippen LogP) is -0.167. The minimum Gasteiger partial charge on any atom is -0.347 e. The van der Waals surface area contributed by atoms with Crippen LogP contribution in [0.3, 0.4) is 0 Å². The zero-order valence-corrected chi connectivity index (χ0v) is 5.83. The monoisotopic (exact) mass is 140 g/mol. The quantitative estimate of drug-likeness (QED) is 0.512. The van der Waals surface area contributed by atoms with Crippen LogP contribution in [-0.2, 0) is 30.4 Å². The van der Waals surface area contributed by atoms with Gasteiger partial charge in [-0.2, -0.15) is 0 Å². The molecule has 0 aromatic heterocycles. The van der Waals surface area contributed by atoms with Gasteiger partial charge in [-0.1, -0.05) is 12.3 Å². The van der Waals surface area contributed by atoms with E-state index in [1.807, 2.05) is 6.92 Å². The SMILES string of the molecule is CC(N)[S-](=S)=S. The molecule has 0 radical (unpaired) electrons. The van der Waals surface area contributed by atoms with Gasteiger partial charge in [-0.05, 0) is 0 Å². The highest BCUT2D eigenvalue weighted by atomic mass is 33.1. The maximum Gasteiger partial charge on any atom is -0.0628 e. The molecule has 0 aliphatic heterocycles. The first-order valence-corrected chi connectivity index (χ1v) is 4.62. The first-order chi connectivity index (χ1) is 2.64.